The van der Waals surface area contributed by atoms with E-state index in [4.69, 9.17) is 10.5 Å². The molecule has 1 aromatic rings. The summed E-state index contributed by atoms with van der Waals surface area (Å²) >= 11 is 0. The van der Waals surface area contributed by atoms with Crippen molar-refractivity contribution in [2.45, 2.75) is 38.6 Å². The van der Waals surface area contributed by atoms with E-state index < -0.39 is 0 Å². The molecule has 4 heteroatoms. The van der Waals surface area contributed by atoms with E-state index >= 15 is 0 Å². The van der Waals surface area contributed by atoms with Crippen molar-refractivity contribution in [2.24, 2.45) is 5.92 Å². The minimum atomic E-state index is 0.101. The lowest BCUT2D eigenvalue weighted by molar-refractivity contribution is -0.123. The minimum Gasteiger partial charge on any atom is -0.399 e. The number of benzene rings is 1. The summed E-state index contributed by atoms with van der Waals surface area (Å²) in [6.45, 7) is 2.64. The van der Waals surface area contributed by atoms with Gasteiger partial charge < -0.3 is 15.8 Å². The molecule has 2 unspecified atom stereocenters. The van der Waals surface area contributed by atoms with Crippen LogP contribution in [-0.4, -0.2) is 19.6 Å². The van der Waals surface area contributed by atoms with Crippen molar-refractivity contribution in [1.29, 1.82) is 0 Å². The van der Waals surface area contributed by atoms with Crippen LogP contribution in [-0.2, 0) is 16.0 Å². The van der Waals surface area contributed by atoms with Crippen LogP contribution < -0.4 is 11.1 Å². The molecule has 0 fully saturated rings. The lowest BCUT2D eigenvalue weighted by Crippen LogP contribution is -2.32. The second-order valence-electron chi connectivity index (χ2n) is 5.74. The van der Waals surface area contributed by atoms with Gasteiger partial charge in [-0.05, 0) is 48.4 Å². The molecular formula is C16H24N2O2. The number of ether oxygens (including phenoxy) is 1. The monoisotopic (exact) mass is 276 g/mol. The normalized spacial score (nSPS) is 19.2. The van der Waals surface area contributed by atoms with E-state index in [1.807, 2.05) is 25.1 Å². The van der Waals surface area contributed by atoms with Crippen LogP contribution in [0.15, 0.2) is 18.2 Å². The Morgan fingerprint density at radius 2 is 2.35 bits per heavy atom. The molecule has 110 valence electrons. The largest absolute Gasteiger partial charge is 0.399 e. The number of nitrogen functional groups attached to an aromatic ring is 1. The van der Waals surface area contributed by atoms with Crippen LogP contribution >= 0.6 is 0 Å². The van der Waals surface area contributed by atoms with E-state index in [1.54, 1.807) is 7.11 Å². The number of nitrogens with one attached hydrogen (secondary N) is 1. The Balaban J connectivity index is 1.99. The molecule has 1 aliphatic carbocycles. The molecule has 0 bridgehead atoms. The van der Waals surface area contributed by atoms with Crippen LogP contribution in [0.4, 0.5) is 5.69 Å². The summed E-state index contributed by atoms with van der Waals surface area (Å²) in [5.41, 5.74) is 9.11. The van der Waals surface area contributed by atoms with E-state index in [0.717, 1.165) is 24.9 Å². The number of hydrogen-bond donors (Lipinski definition) is 2. The van der Waals surface area contributed by atoms with Gasteiger partial charge in [0.2, 0.25) is 5.91 Å². The standard InChI is InChI=1S/C16H24N2O2/c1-11(10-20-2)8-16(19)18-15-5-3-4-12-9-13(17)6-7-14(12)15/h6-7,9,11,15H,3-5,8,10,17H2,1-2H3,(H,18,19). The highest BCUT2D eigenvalue weighted by Gasteiger charge is 2.22. The van der Waals surface area contributed by atoms with Crippen LogP contribution in [0.5, 0.6) is 0 Å². The topological polar surface area (TPSA) is 64.3 Å². The van der Waals surface area contributed by atoms with E-state index in [1.165, 1.54) is 11.1 Å². The van der Waals surface area contributed by atoms with Crippen LogP contribution in [0.3, 0.4) is 0 Å². The van der Waals surface area contributed by atoms with Gasteiger partial charge in [0.25, 0.3) is 0 Å². The maximum atomic E-state index is 12.1. The molecule has 20 heavy (non-hydrogen) atoms. The Labute approximate surface area is 120 Å². The van der Waals surface area contributed by atoms with Gasteiger partial charge in [0.15, 0.2) is 0 Å². The summed E-state index contributed by atoms with van der Waals surface area (Å²) in [6, 6.07) is 6.12. The zero-order chi connectivity index (χ0) is 14.5. The molecule has 0 saturated heterocycles. The van der Waals surface area contributed by atoms with Crippen molar-refractivity contribution in [3.05, 3.63) is 29.3 Å². The number of anilines is 1. The van der Waals surface area contributed by atoms with Gasteiger partial charge in [0.05, 0.1) is 6.04 Å². The highest BCUT2D eigenvalue weighted by molar-refractivity contribution is 5.76. The van der Waals surface area contributed by atoms with Crippen molar-refractivity contribution in [1.82, 2.24) is 5.32 Å². The average Bonchev–Trinajstić information content (AvgIpc) is 2.38. The molecule has 1 amide bonds. The van der Waals surface area contributed by atoms with Gasteiger partial charge in [0, 0.05) is 25.8 Å². The second-order valence-corrected chi connectivity index (χ2v) is 5.74. The Morgan fingerprint density at radius 3 is 3.10 bits per heavy atom. The summed E-state index contributed by atoms with van der Waals surface area (Å²) in [5, 5.41) is 3.15. The zero-order valence-corrected chi connectivity index (χ0v) is 12.3. The first-order valence-electron chi connectivity index (χ1n) is 7.26. The summed E-state index contributed by atoms with van der Waals surface area (Å²) in [5.74, 6) is 0.346. The van der Waals surface area contributed by atoms with Gasteiger partial charge in [0.1, 0.15) is 0 Å². The SMILES string of the molecule is COCC(C)CC(=O)NC1CCCc2cc(N)ccc21. The molecule has 2 atom stereocenters. The number of aryl methyl sites for hydroxylation is 1. The molecule has 0 spiro atoms. The maximum Gasteiger partial charge on any atom is 0.220 e. The molecule has 1 aliphatic rings. The van der Waals surface area contributed by atoms with E-state index in [9.17, 15) is 4.79 Å². The van der Waals surface area contributed by atoms with Gasteiger partial charge in [-0.25, -0.2) is 0 Å². The number of carbonyl (C=O) groups is 1. The number of amides is 1. The van der Waals surface area contributed by atoms with E-state index in [-0.39, 0.29) is 17.9 Å². The molecular weight excluding hydrogens is 252 g/mol. The molecule has 0 aromatic heterocycles. The first-order chi connectivity index (χ1) is 9.60. The van der Waals surface area contributed by atoms with Gasteiger partial charge in [-0.2, -0.15) is 0 Å². The third kappa shape index (κ3) is 3.73. The van der Waals surface area contributed by atoms with Gasteiger partial charge in [-0.1, -0.05) is 13.0 Å². The van der Waals surface area contributed by atoms with E-state index in [2.05, 4.69) is 5.32 Å². The van der Waals surface area contributed by atoms with Crippen LogP contribution in [0.25, 0.3) is 0 Å². The van der Waals surface area contributed by atoms with Crippen molar-refractivity contribution >= 4 is 11.6 Å². The number of methoxy groups -OCH3 is 1. The molecule has 2 rings (SSSR count). The Kier molecular flexibility index (Phi) is 5.01. The first-order valence-corrected chi connectivity index (χ1v) is 7.26. The molecule has 0 saturated carbocycles. The van der Waals surface area contributed by atoms with Crippen molar-refractivity contribution in [2.75, 3.05) is 19.5 Å². The zero-order valence-electron chi connectivity index (χ0n) is 12.3. The Bertz CT molecular complexity index is 474. The van der Waals surface area contributed by atoms with Crippen molar-refractivity contribution in [3.8, 4) is 0 Å². The quantitative estimate of drug-likeness (QED) is 0.812. The molecule has 3 N–H and O–H groups in total. The predicted octanol–water partition coefficient (Wildman–Crippen LogP) is 2.44. The second kappa shape index (κ2) is 6.75. The van der Waals surface area contributed by atoms with Crippen molar-refractivity contribution in [3.63, 3.8) is 0 Å². The smallest absolute Gasteiger partial charge is 0.220 e. The summed E-state index contributed by atoms with van der Waals surface area (Å²) in [4.78, 5) is 12.1. The third-order valence-corrected chi connectivity index (χ3v) is 3.80. The van der Waals surface area contributed by atoms with Gasteiger partial charge in [-0.3, -0.25) is 4.79 Å². The fraction of sp³-hybridized carbons (Fsp3) is 0.562. The lowest BCUT2D eigenvalue weighted by Gasteiger charge is -2.27. The van der Waals surface area contributed by atoms with E-state index in [0.29, 0.717) is 13.0 Å². The summed E-state index contributed by atoms with van der Waals surface area (Å²) in [7, 11) is 1.66. The fourth-order valence-corrected chi connectivity index (χ4v) is 2.90. The number of rotatable bonds is 5. The highest BCUT2D eigenvalue weighted by atomic mass is 16.5. The van der Waals surface area contributed by atoms with Gasteiger partial charge >= 0.3 is 0 Å². The number of hydrogen-bond acceptors (Lipinski definition) is 3. The van der Waals surface area contributed by atoms with Crippen LogP contribution in [0.2, 0.25) is 0 Å². The third-order valence-electron chi connectivity index (χ3n) is 3.80. The molecule has 0 heterocycles. The van der Waals surface area contributed by atoms with Crippen LogP contribution in [0.1, 0.15) is 43.4 Å². The van der Waals surface area contributed by atoms with Crippen molar-refractivity contribution < 1.29 is 9.53 Å². The molecule has 4 nitrogen and oxygen atoms in total. The fourth-order valence-electron chi connectivity index (χ4n) is 2.90. The Morgan fingerprint density at radius 1 is 1.55 bits per heavy atom. The highest BCUT2D eigenvalue weighted by Crippen LogP contribution is 2.31. The predicted molar refractivity (Wildman–Crippen MR) is 80.3 cm³/mol. The van der Waals surface area contributed by atoms with Gasteiger partial charge in [-0.15, -0.1) is 0 Å². The molecule has 1 aromatic carbocycles. The molecule has 0 radical (unpaired) electrons. The number of nitrogens with two attached hydrogens (primary N) is 1. The van der Waals surface area contributed by atoms with Crippen LogP contribution in [0, 0.1) is 5.92 Å². The molecule has 0 aliphatic heterocycles. The number of fused-ring (bicyclic) bond motifs is 1. The number of carbonyl (C=O) groups excluding carboxylic acids is 1. The average molecular weight is 276 g/mol. The summed E-state index contributed by atoms with van der Waals surface area (Å²) in [6.07, 6.45) is 3.65. The maximum absolute atomic E-state index is 12.1. The summed E-state index contributed by atoms with van der Waals surface area (Å²) < 4.78 is 5.07. The lowest BCUT2D eigenvalue weighted by atomic mass is 9.87. The minimum absolute atomic E-state index is 0.101. The Hall–Kier alpha value is -1.55. The first kappa shape index (κ1) is 14.9.